The second-order valence-corrected chi connectivity index (χ2v) is 5.54. The molecule has 1 amide bonds. The zero-order chi connectivity index (χ0) is 14.0. The lowest BCUT2D eigenvalue weighted by atomic mass is 9.75. The molecule has 2 rings (SSSR count). The number of hydrogen-bond donors (Lipinski definition) is 1. The average molecular weight is 264 g/mol. The lowest BCUT2D eigenvalue weighted by molar-refractivity contribution is -0.130. The van der Waals surface area contributed by atoms with E-state index in [1.54, 1.807) is 19.0 Å². The van der Waals surface area contributed by atoms with Crippen LogP contribution < -0.4 is 5.32 Å². The van der Waals surface area contributed by atoms with Gasteiger partial charge < -0.3 is 10.2 Å². The molecule has 0 aliphatic heterocycles. The maximum Gasteiger partial charge on any atom is 0.238 e. The Balaban J connectivity index is 1.80. The Morgan fingerprint density at radius 2 is 1.89 bits per heavy atom. The third-order valence-electron chi connectivity index (χ3n) is 3.78. The van der Waals surface area contributed by atoms with E-state index in [0.29, 0.717) is 12.0 Å². The summed E-state index contributed by atoms with van der Waals surface area (Å²) in [6, 6.07) is 6.96. The number of nitrogens with zero attached hydrogens (tertiary/aromatic N) is 1. The standard InChI is InChI=1S/C15H21FN2O/c1-10(15(19)18(2)3)17-14-8-12(9-14)11-4-6-13(16)7-5-11/h4-7,10,12,14,17H,8-9H2,1-3H3. The van der Waals surface area contributed by atoms with Crippen LogP contribution in [0.1, 0.15) is 31.2 Å². The number of rotatable bonds is 4. The molecular formula is C15H21FN2O. The zero-order valence-corrected chi connectivity index (χ0v) is 11.7. The Morgan fingerprint density at radius 3 is 2.42 bits per heavy atom. The molecule has 0 aromatic heterocycles. The van der Waals surface area contributed by atoms with Gasteiger partial charge in [-0.05, 0) is 43.4 Å². The van der Waals surface area contributed by atoms with Crippen molar-refractivity contribution < 1.29 is 9.18 Å². The molecule has 0 saturated heterocycles. The molecule has 1 saturated carbocycles. The molecule has 1 atom stereocenters. The topological polar surface area (TPSA) is 32.3 Å². The fourth-order valence-electron chi connectivity index (χ4n) is 2.57. The summed E-state index contributed by atoms with van der Waals surface area (Å²) in [7, 11) is 3.53. The van der Waals surface area contributed by atoms with Gasteiger partial charge in [-0.25, -0.2) is 4.39 Å². The Kier molecular flexibility index (Phi) is 4.20. The Bertz CT molecular complexity index is 438. The highest BCUT2D eigenvalue weighted by molar-refractivity contribution is 5.80. The second kappa shape index (κ2) is 5.70. The number of halogens is 1. The van der Waals surface area contributed by atoms with Crippen molar-refractivity contribution in [3.05, 3.63) is 35.6 Å². The van der Waals surface area contributed by atoms with Crippen LogP contribution in [0.25, 0.3) is 0 Å². The highest BCUT2D eigenvalue weighted by Gasteiger charge is 2.32. The van der Waals surface area contributed by atoms with Gasteiger partial charge in [0.2, 0.25) is 5.91 Å². The molecule has 104 valence electrons. The van der Waals surface area contributed by atoms with Crippen molar-refractivity contribution in [1.29, 1.82) is 0 Å². The summed E-state index contributed by atoms with van der Waals surface area (Å²) in [5.74, 6) is 0.396. The van der Waals surface area contributed by atoms with Crippen molar-refractivity contribution in [3.8, 4) is 0 Å². The summed E-state index contributed by atoms with van der Waals surface area (Å²) in [5.41, 5.74) is 1.19. The molecule has 0 heterocycles. The highest BCUT2D eigenvalue weighted by Crippen LogP contribution is 2.37. The van der Waals surface area contributed by atoms with Gasteiger partial charge in [-0.1, -0.05) is 12.1 Å². The van der Waals surface area contributed by atoms with Gasteiger partial charge in [0.05, 0.1) is 6.04 Å². The van der Waals surface area contributed by atoms with Crippen LogP contribution in [0.5, 0.6) is 0 Å². The molecule has 1 aromatic carbocycles. The molecule has 0 bridgehead atoms. The third kappa shape index (κ3) is 3.32. The molecule has 0 radical (unpaired) electrons. The number of carbonyl (C=O) groups excluding carboxylic acids is 1. The number of nitrogens with one attached hydrogen (secondary N) is 1. The summed E-state index contributed by atoms with van der Waals surface area (Å²) in [5, 5.41) is 3.34. The zero-order valence-electron chi connectivity index (χ0n) is 11.7. The maximum atomic E-state index is 12.8. The lowest BCUT2D eigenvalue weighted by Crippen LogP contribution is -2.50. The first kappa shape index (κ1) is 14.0. The first-order valence-corrected chi connectivity index (χ1v) is 6.70. The van der Waals surface area contributed by atoms with Gasteiger partial charge in [-0.15, -0.1) is 0 Å². The van der Waals surface area contributed by atoms with Gasteiger partial charge in [0.1, 0.15) is 5.82 Å². The average Bonchev–Trinajstić information content (AvgIpc) is 2.33. The number of hydrogen-bond acceptors (Lipinski definition) is 2. The smallest absolute Gasteiger partial charge is 0.238 e. The molecular weight excluding hydrogens is 243 g/mol. The van der Waals surface area contributed by atoms with E-state index in [-0.39, 0.29) is 17.8 Å². The van der Waals surface area contributed by atoms with Crippen LogP contribution in [0.2, 0.25) is 0 Å². The minimum absolute atomic E-state index is 0.102. The normalized spacial score (nSPS) is 23.6. The van der Waals surface area contributed by atoms with Gasteiger partial charge in [0.15, 0.2) is 0 Å². The van der Waals surface area contributed by atoms with Gasteiger partial charge >= 0.3 is 0 Å². The molecule has 19 heavy (non-hydrogen) atoms. The maximum absolute atomic E-state index is 12.8. The van der Waals surface area contributed by atoms with Crippen LogP contribution in [0.4, 0.5) is 4.39 Å². The molecule has 1 aliphatic carbocycles. The molecule has 1 fully saturated rings. The molecule has 1 unspecified atom stereocenters. The number of likely N-dealkylation sites (N-methyl/N-ethyl adjacent to an activating group) is 1. The summed E-state index contributed by atoms with van der Waals surface area (Å²) in [6.07, 6.45) is 2.02. The van der Waals surface area contributed by atoms with Gasteiger partial charge in [0, 0.05) is 20.1 Å². The number of amides is 1. The van der Waals surface area contributed by atoms with Crippen molar-refractivity contribution in [2.45, 2.75) is 37.8 Å². The first-order chi connectivity index (χ1) is 8.97. The van der Waals surface area contributed by atoms with E-state index >= 15 is 0 Å². The minimum atomic E-state index is -0.192. The predicted octanol–water partition coefficient (Wildman–Crippen LogP) is 2.14. The Hall–Kier alpha value is -1.42. The van der Waals surface area contributed by atoms with Crippen LogP contribution >= 0.6 is 0 Å². The van der Waals surface area contributed by atoms with E-state index in [1.807, 2.05) is 19.1 Å². The van der Waals surface area contributed by atoms with Crippen LogP contribution in [0.3, 0.4) is 0 Å². The Morgan fingerprint density at radius 1 is 1.32 bits per heavy atom. The van der Waals surface area contributed by atoms with Crippen molar-refractivity contribution in [3.63, 3.8) is 0 Å². The van der Waals surface area contributed by atoms with Crippen LogP contribution in [-0.2, 0) is 4.79 Å². The first-order valence-electron chi connectivity index (χ1n) is 6.70. The monoisotopic (exact) mass is 264 g/mol. The molecule has 1 aromatic rings. The number of carbonyl (C=O) groups is 1. The largest absolute Gasteiger partial charge is 0.347 e. The van der Waals surface area contributed by atoms with E-state index in [0.717, 1.165) is 12.8 Å². The van der Waals surface area contributed by atoms with E-state index in [4.69, 9.17) is 0 Å². The summed E-state index contributed by atoms with van der Waals surface area (Å²) < 4.78 is 12.8. The molecule has 1 aliphatic rings. The third-order valence-corrected chi connectivity index (χ3v) is 3.78. The molecule has 4 heteroatoms. The van der Waals surface area contributed by atoms with Gasteiger partial charge in [-0.2, -0.15) is 0 Å². The van der Waals surface area contributed by atoms with Crippen LogP contribution in [0, 0.1) is 5.82 Å². The Labute approximate surface area is 113 Å². The molecule has 1 N–H and O–H groups in total. The van der Waals surface area contributed by atoms with Crippen molar-refractivity contribution in [2.24, 2.45) is 0 Å². The van der Waals surface area contributed by atoms with E-state index in [9.17, 15) is 9.18 Å². The highest BCUT2D eigenvalue weighted by atomic mass is 19.1. The summed E-state index contributed by atoms with van der Waals surface area (Å²) >= 11 is 0. The van der Waals surface area contributed by atoms with Crippen molar-refractivity contribution in [1.82, 2.24) is 10.2 Å². The van der Waals surface area contributed by atoms with Crippen LogP contribution in [0.15, 0.2) is 24.3 Å². The molecule has 0 spiro atoms. The fourth-order valence-corrected chi connectivity index (χ4v) is 2.57. The van der Waals surface area contributed by atoms with Crippen molar-refractivity contribution >= 4 is 5.91 Å². The van der Waals surface area contributed by atoms with Gasteiger partial charge in [0.25, 0.3) is 0 Å². The van der Waals surface area contributed by atoms with Gasteiger partial charge in [-0.3, -0.25) is 4.79 Å². The van der Waals surface area contributed by atoms with Crippen LogP contribution in [-0.4, -0.2) is 37.0 Å². The lowest BCUT2D eigenvalue weighted by Gasteiger charge is -2.38. The molecule has 3 nitrogen and oxygen atoms in total. The SMILES string of the molecule is CC(NC1CC(c2ccc(F)cc2)C1)C(=O)N(C)C. The second-order valence-electron chi connectivity index (χ2n) is 5.54. The van der Waals surface area contributed by atoms with Crippen molar-refractivity contribution in [2.75, 3.05) is 14.1 Å². The van der Waals surface area contributed by atoms with E-state index in [2.05, 4.69) is 5.32 Å². The summed E-state index contributed by atoms with van der Waals surface area (Å²) in [6.45, 7) is 1.90. The minimum Gasteiger partial charge on any atom is -0.347 e. The number of benzene rings is 1. The summed E-state index contributed by atoms with van der Waals surface area (Å²) in [4.78, 5) is 13.3. The fraction of sp³-hybridized carbons (Fsp3) is 0.533. The quantitative estimate of drug-likeness (QED) is 0.903. The van der Waals surface area contributed by atoms with E-state index < -0.39 is 0 Å². The van der Waals surface area contributed by atoms with E-state index in [1.165, 1.54) is 17.7 Å². The predicted molar refractivity (Wildman–Crippen MR) is 73.5 cm³/mol.